The maximum atomic E-state index is 11.2. The smallest absolute Gasteiger partial charge is 0.308 e. The molecule has 1 fully saturated rings. The lowest BCUT2D eigenvalue weighted by Gasteiger charge is -2.15. The third-order valence-corrected chi connectivity index (χ3v) is 4.30. The van der Waals surface area contributed by atoms with Crippen molar-refractivity contribution in [3.8, 4) is 0 Å². The lowest BCUT2D eigenvalue weighted by Crippen LogP contribution is -2.23. The average molecular weight is 284 g/mol. The van der Waals surface area contributed by atoms with E-state index in [1.807, 2.05) is 26.0 Å². The number of likely N-dealkylation sites (tertiary alicyclic amines) is 1. The van der Waals surface area contributed by atoms with Crippen LogP contribution < -0.4 is 0 Å². The molecule has 1 aliphatic rings. The summed E-state index contributed by atoms with van der Waals surface area (Å²) in [6.07, 6.45) is 0. The highest BCUT2D eigenvalue weighted by molar-refractivity contribution is 5.79. The molecule has 1 aliphatic heterocycles. The zero-order valence-electron chi connectivity index (χ0n) is 12.4. The Kier molecular flexibility index (Phi) is 3.64. The molecule has 1 N–H and O–H groups in total. The van der Waals surface area contributed by atoms with Crippen molar-refractivity contribution < 1.29 is 9.90 Å². The van der Waals surface area contributed by atoms with Gasteiger partial charge in [-0.3, -0.25) is 14.7 Å². The number of aliphatic carboxylic acids is 1. The molecule has 0 spiro atoms. The second kappa shape index (κ2) is 5.45. The van der Waals surface area contributed by atoms with Crippen LogP contribution in [-0.2, 0) is 11.3 Å². The molecule has 1 saturated heterocycles. The number of pyridine rings is 1. The number of hydrogen-bond donors (Lipinski definition) is 1. The van der Waals surface area contributed by atoms with Crippen LogP contribution >= 0.6 is 0 Å². The Balaban J connectivity index is 1.76. The van der Waals surface area contributed by atoms with E-state index in [1.54, 1.807) is 0 Å². The van der Waals surface area contributed by atoms with Gasteiger partial charge in [0.2, 0.25) is 0 Å². The Bertz CT molecular complexity index is 684. The largest absolute Gasteiger partial charge is 0.481 e. The molecule has 3 rings (SSSR count). The first kappa shape index (κ1) is 14.0. The van der Waals surface area contributed by atoms with Crippen LogP contribution in [0.1, 0.15) is 18.2 Å². The number of benzene rings is 1. The first-order valence-corrected chi connectivity index (χ1v) is 7.34. The van der Waals surface area contributed by atoms with Gasteiger partial charge in [-0.05, 0) is 36.6 Å². The molecule has 0 amide bonds. The predicted octanol–water partition coefficient (Wildman–Crippen LogP) is 2.70. The van der Waals surface area contributed by atoms with Crippen molar-refractivity contribution in [1.29, 1.82) is 0 Å². The van der Waals surface area contributed by atoms with E-state index in [2.05, 4.69) is 28.1 Å². The molecule has 110 valence electrons. The zero-order valence-corrected chi connectivity index (χ0v) is 12.4. The summed E-state index contributed by atoms with van der Waals surface area (Å²) in [5.41, 5.74) is 3.25. The molecule has 2 unspecified atom stereocenters. The van der Waals surface area contributed by atoms with Gasteiger partial charge in [0.25, 0.3) is 0 Å². The Hall–Kier alpha value is -1.94. The van der Waals surface area contributed by atoms with Crippen LogP contribution in [0.2, 0.25) is 0 Å². The second-order valence-electron chi connectivity index (χ2n) is 6.10. The molecule has 0 aliphatic carbocycles. The Morgan fingerprint density at radius 3 is 2.86 bits per heavy atom. The molecule has 0 radical (unpaired) electrons. The van der Waals surface area contributed by atoms with Gasteiger partial charge >= 0.3 is 5.97 Å². The molecule has 4 nitrogen and oxygen atoms in total. The predicted molar refractivity (Wildman–Crippen MR) is 82.0 cm³/mol. The molecule has 0 saturated carbocycles. The summed E-state index contributed by atoms with van der Waals surface area (Å²) in [6.45, 7) is 6.30. The number of hydrogen-bond acceptors (Lipinski definition) is 3. The van der Waals surface area contributed by atoms with E-state index < -0.39 is 5.97 Å². The monoisotopic (exact) mass is 284 g/mol. The molecule has 2 aromatic rings. The van der Waals surface area contributed by atoms with Gasteiger partial charge in [-0.25, -0.2) is 0 Å². The lowest BCUT2D eigenvalue weighted by molar-refractivity contribution is -0.142. The van der Waals surface area contributed by atoms with E-state index in [-0.39, 0.29) is 11.8 Å². The van der Waals surface area contributed by atoms with Crippen molar-refractivity contribution in [2.24, 2.45) is 11.8 Å². The minimum atomic E-state index is -0.678. The fourth-order valence-electron chi connectivity index (χ4n) is 3.15. The summed E-state index contributed by atoms with van der Waals surface area (Å²) in [4.78, 5) is 17.9. The number of carboxylic acids is 1. The number of carbonyl (C=O) groups is 1. The number of aromatic nitrogens is 1. The third kappa shape index (κ3) is 2.90. The number of nitrogens with zero attached hydrogens (tertiary/aromatic N) is 2. The number of aryl methyl sites for hydroxylation is 1. The van der Waals surface area contributed by atoms with E-state index >= 15 is 0 Å². The van der Waals surface area contributed by atoms with Gasteiger partial charge in [0, 0.05) is 30.7 Å². The van der Waals surface area contributed by atoms with Gasteiger partial charge in [0.15, 0.2) is 0 Å². The summed E-state index contributed by atoms with van der Waals surface area (Å²) >= 11 is 0. The topological polar surface area (TPSA) is 53.4 Å². The van der Waals surface area contributed by atoms with Crippen LogP contribution in [0.15, 0.2) is 30.3 Å². The highest BCUT2D eigenvalue weighted by Gasteiger charge is 2.34. The summed E-state index contributed by atoms with van der Waals surface area (Å²) in [5, 5.41) is 10.3. The summed E-state index contributed by atoms with van der Waals surface area (Å²) in [7, 11) is 0. The highest BCUT2D eigenvalue weighted by atomic mass is 16.4. The third-order valence-electron chi connectivity index (χ3n) is 4.30. The van der Waals surface area contributed by atoms with Crippen LogP contribution in [0, 0.1) is 18.8 Å². The van der Waals surface area contributed by atoms with Crippen molar-refractivity contribution >= 4 is 16.9 Å². The van der Waals surface area contributed by atoms with E-state index in [0.29, 0.717) is 6.54 Å². The molecular formula is C17H20N2O2. The van der Waals surface area contributed by atoms with Gasteiger partial charge in [-0.15, -0.1) is 0 Å². The number of fused-ring (bicyclic) bond motifs is 1. The molecule has 2 heterocycles. The molecule has 2 atom stereocenters. The van der Waals surface area contributed by atoms with E-state index in [1.165, 1.54) is 5.56 Å². The summed E-state index contributed by atoms with van der Waals surface area (Å²) < 4.78 is 0. The van der Waals surface area contributed by atoms with Crippen LogP contribution in [0.3, 0.4) is 0 Å². The van der Waals surface area contributed by atoms with Crippen LogP contribution in [0.25, 0.3) is 10.9 Å². The van der Waals surface area contributed by atoms with Crippen LogP contribution in [-0.4, -0.2) is 34.0 Å². The Morgan fingerprint density at radius 1 is 1.33 bits per heavy atom. The molecule has 21 heavy (non-hydrogen) atoms. The molecular weight excluding hydrogens is 264 g/mol. The first-order valence-electron chi connectivity index (χ1n) is 7.34. The average Bonchev–Trinajstić information content (AvgIpc) is 2.80. The molecule has 4 heteroatoms. The van der Waals surface area contributed by atoms with E-state index in [4.69, 9.17) is 0 Å². The number of rotatable bonds is 3. The fraction of sp³-hybridized carbons (Fsp3) is 0.412. The summed E-state index contributed by atoms with van der Waals surface area (Å²) in [6, 6.07) is 10.4. The van der Waals surface area contributed by atoms with E-state index in [0.717, 1.165) is 29.7 Å². The standard InChI is InChI=1S/C17H20N2O2/c1-11-8-19(10-15(11)17(20)21)9-13-4-6-16-14(7-13)5-3-12(2)18-16/h3-7,11,15H,8-10H2,1-2H3,(H,20,21). The maximum absolute atomic E-state index is 11.2. The molecule has 1 aromatic heterocycles. The highest BCUT2D eigenvalue weighted by Crippen LogP contribution is 2.25. The van der Waals surface area contributed by atoms with Gasteiger partial charge < -0.3 is 5.11 Å². The van der Waals surface area contributed by atoms with Crippen LogP contribution in [0.5, 0.6) is 0 Å². The SMILES string of the molecule is Cc1ccc2cc(CN3CC(C)C(C(=O)O)C3)ccc2n1. The van der Waals surface area contributed by atoms with Gasteiger partial charge in [0.05, 0.1) is 11.4 Å². The van der Waals surface area contributed by atoms with Crippen LogP contribution in [0.4, 0.5) is 0 Å². The van der Waals surface area contributed by atoms with Gasteiger partial charge in [0.1, 0.15) is 0 Å². The van der Waals surface area contributed by atoms with Gasteiger partial charge in [-0.1, -0.05) is 19.1 Å². The number of carboxylic acid groups (broad SMARTS) is 1. The normalized spacial score (nSPS) is 22.8. The van der Waals surface area contributed by atoms with Crippen molar-refractivity contribution in [1.82, 2.24) is 9.88 Å². The lowest BCUT2D eigenvalue weighted by atomic mass is 9.99. The second-order valence-corrected chi connectivity index (χ2v) is 6.10. The van der Waals surface area contributed by atoms with Crippen molar-refractivity contribution in [2.45, 2.75) is 20.4 Å². The van der Waals surface area contributed by atoms with Gasteiger partial charge in [-0.2, -0.15) is 0 Å². The zero-order chi connectivity index (χ0) is 15.0. The minimum absolute atomic E-state index is 0.215. The minimum Gasteiger partial charge on any atom is -0.481 e. The van der Waals surface area contributed by atoms with E-state index in [9.17, 15) is 9.90 Å². The van der Waals surface area contributed by atoms with Crippen molar-refractivity contribution in [2.75, 3.05) is 13.1 Å². The fourth-order valence-corrected chi connectivity index (χ4v) is 3.15. The maximum Gasteiger partial charge on any atom is 0.308 e. The quantitative estimate of drug-likeness (QED) is 0.941. The molecule has 1 aromatic carbocycles. The van der Waals surface area contributed by atoms with Crippen molar-refractivity contribution in [3.05, 3.63) is 41.6 Å². The molecule has 0 bridgehead atoms. The Labute approximate surface area is 124 Å². The Morgan fingerprint density at radius 2 is 2.14 bits per heavy atom. The first-order chi connectivity index (χ1) is 10.0. The van der Waals surface area contributed by atoms with Crippen molar-refractivity contribution in [3.63, 3.8) is 0 Å². The summed E-state index contributed by atoms with van der Waals surface area (Å²) in [5.74, 6) is -0.703.